The molecule has 1 aromatic rings. The van der Waals surface area contributed by atoms with E-state index in [1.165, 1.54) is 9.13 Å². The van der Waals surface area contributed by atoms with E-state index in [2.05, 4.69) is 39.3 Å². The van der Waals surface area contributed by atoms with Gasteiger partial charge in [-0.05, 0) is 46.7 Å². The standard InChI is InChI=1S/C13H15IN2O2/c1-8-4-9(2-3-11(8)14)6-16-13(18)10-5-12(17)15-7-10/h2-4,10H,5-7H2,1H3,(H,15,17)(H,16,18). The summed E-state index contributed by atoms with van der Waals surface area (Å²) >= 11 is 2.28. The molecular weight excluding hydrogens is 343 g/mol. The molecule has 4 nitrogen and oxygen atoms in total. The van der Waals surface area contributed by atoms with Gasteiger partial charge in [0.05, 0.1) is 5.92 Å². The highest BCUT2D eigenvalue weighted by Crippen LogP contribution is 2.14. The Balaban J connectivity index is 1.89. The lowest BCUT2D eigenvalue weighted by Crippen LogP contribution is -2.31. The van der Waals surface area contributed by atoms with Gasteiger partial charge in [-0.25, -0.2) is 0 Å². The first-order valence-electron chi connectivity index (χ1n) is 5.85. The summed E-state index contributed by atoms with van der Waals surface area (Å²) in [6.45, 7) is 3.02. The molecule has 96 valence electrons. The van der Waals surface area contributed by atoms with Gasteiger partial charge in [-0.3, -0.25) is 9.59 Å². The molecular formula is C13H15IN2O2. The minimum atomic E-state index is -0.220. The lowest BCUT2D eigenvalue weighted by molar-refractivity contribution is -0.126. The van der Waals surface area contributed by atoms with Crippen molar-refractivity contribution in [3.63, 3.8) is 0 Å². The number of carbonyl (C=O) groups is 2. The Morgan fingerprint density at radius 2 is 2.33 bits per heavy atom. The van der Waals surface area contributed by atoms with Crippen molar-refractivity contribution in [2.75, 3.05) is 6.54 Å². The van der Waals surface area contributed by atoms with Gasteiger partial charge < -0.3 is 10.6 Å². The molecule has 0 aromatic heterocycles. The van der Waals surface area contributed by atoms with Gasteiger partial charge in [0, 0.05) is 23.1 Å². The van der Waals surface area contributed by atoms with Gasteiger partial charge in [0.25, 0.3) is 0 Å². The van der Waals surface area contributed by atoms with E-state index in [0.717, 1.165) is 5.56 Å². The summed E-state index contributed by atoms with van der Waals surface area (Å²) < 4.78 is 1.22. The van der Waals surface area contributed by atoms with Gasteiger partial charge in [0.15, 0.2) is 0 Å². The molecule has 0 aliphatic carbocycles. The van der Waals surface area contributed by atoms with Crippen LogP contribution in [0.25, 0.3) is 0 Å². The van der Waals surface area contributed by atoms with Crippen LogP contribution >= 0.6 is 22.6 Å². The zero-order chi connectivity index (χ0) is 13.1. The minimum absolute atomic E-state index is 0.0414. The Bertz CT molecular complexity index is 488. The first kappa shape index (κ1) is 13.3. The molecule has 1 saturated heterocycles. The molecule has 1 heterocycles. The third-order valence-corrected chi connectivity index (χ3v) is 4.25. The summed E-state index contributed by atoms with van der Waals surface area (Å²) in [6, 6.07) is 6.12. The topological polar surface area (TPSA) is 58.2 Å². The minimum Gasteiger partial charge on any atom is -0.355 e. The predicted molar refractivity (Wildman–Crippen MR) is 76.9 cm³/mol. The molecule has 18 heavy (non-hydrogen) atoms. The van der Waals surface area contributed by atoms with Crippen LogP contribution in [-0.2, 0) is 16.1 Å². The lowest BCUT2D eigenvalue weighted by atomic mass is 10.1. The SMILES string of the molecule is Cc1cc(CNC(=O)C2CNC(=O)C2)ccc1I. The largest absolute Gasteiger partial charge is 0.355 e. The lowest BCUT2D eigenvalue weighted by Gasteiger charge is -2.10. The Morgan fingerprint density at radius 3 is 2.94 bits per heavy atom. The summed E-state index contributed by atoms with van der Waals surface area (Å²) in [5, 5.41) is 5.54. The van der Waals surface area contributed by atoms with Crippen LogP contribution < -0.4 is 10.6 Å². The van der Waals surface area contributed by atoms with Crippen LogP contribution in [0.3, 0.4) is 0 Å². The Morgan fingerprint density at radius 1 is 1.56 bits per heavy atom. The number of amides is 2. The van der Waals surface area contributed by atoms with Gasteiger partial charge in [0.2, 0.25) is 11.8 Å². The zero-order valence-electron chi connectivity index (χ0n) is 10.1. The monoisotopic (exact) mass is 358 g/mol. The molecule has 0 spiro atoms. The van der Waals surface area contributed by atoms with E-state index in [0.29, 0.717) is 19.5 Å². The fourth-order valence-electron chi connectivity index (χ4n) is 1.94. The van der Waals surface area contributed by atoms with E-state index in [9.17, 15) is 9.59 Å². The van der Waals surface area contributed by atoms with Gasteiger partial charge in [-0.2, -0.15) is 0 Å². The fourth-order valence-corrected chi connectivity index (χ4v) is 2.28. The van der Waals surface area contributed by atoms with Crippen molar-refractivity contribution in [2.45, 2.75) is 19.9 Å². The quantitative estimate of drug-likeness (QED) is 0.802. The normalized spacial score (nSPS) is 18.6. The van der Waals surface area contributed by atoms with Crippen LogP contribution in [0, 0.1) is 16.4 Å². The van der Waals surface area contributed by atoms with Crippen molar-refractivity contribution in [3.8, 4) is 0 Å². The molecule has 1 aromatic carbocycles. The number of aryl methyl sites for hydroxylation is 1. The summed E-state index contributed by atoms with van der Waals surface area (Å²) in [5.41, 5.74) is 2.29. The maximum absolute atomic E-state index is 11.8. The summed E-state index contributed by atoms with van der Waals surface area (Å²) in [7, 11) is 0. The zero-order valence-corrected chi connectivity index (χ0v) is 12.3. The number of hydrogen-bond acceptors (Lipinski definition) is 2. The smallest absolute Gasteiger partial charge is 0.225 e. The maximum atomic E-state index is 11.8. The first-order valence-corrected chi connectivity index (χ1v) is 6.93. The Kier molecular flexibility index (Phi) is 4.21. The third-order valence-electron chi connectivity index (χ3n) is 3.04. The van der Waals surface area contributed by atoms with Crippen LogP contribution in [0.1, 0.15) is 17.5 Å². The van der Waals surface area contributed by atoms with Crippen molar-refractivity contribution in [1.29, 1.82) is 0 Å². The van der Waals surface area contributed by atoms with E-state index < -0.39 is 0 Å². The summed E-state index contributed by atoms with van der Waals surface area (Å²) in [4.78, 5) is 22.8. The molecule has 0 saturated carbocycles. The van der Waals surface area contributed by atoms with Crippen molar-refractivity contribution >= 4 is 34.4 Å². The third kappa shape index (κ3) is 3.22. The molecule has 1 atom stereocenters. The van der Waals surface area contributed by atoms with Gasteiger partial charge >= 0.3 is 0 Å². The van der Waals surface area contributed by atoms with E-state index in [4.69, 9.17) is 0 Å². The highest BCUT2D eigenvalue weighted by Gasteiger charge is 2.27. The number of rotatable bonds is 3. The van der Waals surface area contributed by atoms with Crippen molar-refractivity contribution < 1.29 is 9.59 Å². The predicted octanol–water partition coefficient (Wildman–Crippen LogP) is 1.35. The maximum Gasteiger partial charge on any atom is 0.225 e. The van der Waals surface area contributed by atoms with Crippen LogP contribution in [0.4, 0.5) is 0 Å². The molecule has 1 unspecified atom stereocenters. The van der Waals surface area contributed by atoms with Crippen molar-refractivity contribution in [1.82, 2.24) is 10.6 Å². The number of halogens is 1. The molecule has 1 fully saturated rings. The first-order chi connectivity index (χ1) is 8.56. The van der Waals surface area contributed by atoms with E-state index in [1.54, 1.807) is 0 Å². The van der Waals surface area contributed by atoms with E-state index in [-0.39, 0.29) is 17.7 Å². The second kappa shape index (κ2) is 5.69. The molecule has 0 bridgehead atoms. The van der Waals surface area contributed by atoms with Crippen molar-refractivity contribution in [2.24, 2.45) is 5.92 Å². The van der Waals surface area contributed by atoms with Crippen LogP contribution in [0.2, 0.25) is 0 Å². The highest BCUT2D eigenvalue weighted by molar-refractivity contribution is 14.1. The van der Waals surface area contributed by atoms with Crippen LogP contribution in [-0.4, -0.2) is 18.4 Å². The van der Waals surface area contributed by atoms with E-state index >= 15 is 0 Å². The number of carbonyl (C=O) groups excluding carboxylic acids is 2. The second-order valence-electron chi connectivity index (χ2n) is 4.51. The van der Waals surface area contributed by atoms with Crippen LogP contribution in [0.15, 0.2) is 18.2 Å². The Hall–Kier alpha value is -1.11. The molecule has 2 amide bonds. The summed E-state index contributed by atoms with van der Waals surface area (Å²) in [5.74, 6) is -0.313. The number of hydrogen-bond donors (Lipinski definition) is 2. The highest BCUT2D eigenvalue weighted by atomic mass is 127. The molecule has 0 radical (unpaired) electrons. The molecule has 1 aliphatic heterocycles. The van der Waals surface area contributed by atoms with Crippen molar-refractivity contribution in [3.05, 3.63) is 32.9 Å². The number of benzene rings is 1. The van der Waals surface area contributed by atoms with E-state index in [1.807, 2.05) is 19.1 Å². The molecule has 2 N–H and O–H groups in total. The van der Waals surface area contributed by atoms with Crippen LogP contribution in [0.5, 0.6) is 0 Å². The Labute approximate surface area is 120 Å². The molecule has 1 aliphatic rings. The summed E-state index contributed by atoms with van der Waals surface area (Å²) in [6.07, 6.45) is 0.303. The average molecular weight is 358 g/mol. The molecule has 2 rings (SSSR count). The second-order valence-corrected chi connectivity index (χ2v) is 5.67. The number of nitrogens with one attached hydrogen (secondary N) is 2. The van der Waals surface area contributed by atoms with Gasteiger partial charge in [0.1, 0.15) is 0 Å². The van der Waals surface area contributed by atoms with Gasteiger partial charge in [-0.15, -0.1) is 0 Å². The molecule has 5 heteroatoms. The van der Waals surface area contributed by atoms with Gasteiger partial charge in [-0.1, -0.05) is 12.1 Å². The average Bonchev–Trinajstić information content (AvgIpc) is 2.77. The fraction of sp³-hybridized carbons (Fsp3) is 0.385.